The average Bonchev–Trinajstić information content (AvgIpc) is 2.24. The third-order valence-electron chi connectivity index (χ3n) is 2.41. The molecule has 1 aromatic rings. The quantitative estimate of drug-likeness (QED) is 0.880. The SMILES string of the molecule is CC(C)(C)[C@H](NC(=O)c1ccncc1Cl)C(=O)O. The molecule has 2 N–H and O–H groups in total. The summed E-state index contributed by atoms with van der Waals surface area (Å²) in [4.78, 5) is 26.8. The molecule has 1 rings (SSSR count). The summed E-state index contributed by atoms with van der Waals surface area (Å²) in [6, 6.07) is 0.452. The Hall–Kier alpha value is -1.62. The third kappa shape index (κ3) is 3.43. The van der Waals surface area contributed by atoms with E-state index in [0.29, 0.717) is 0 Å². The molecule has 0 radical (unpaired) electrons. The van der Waals surface area contributed by atoms with Gasteiger partial charge in [-0.2, -0.15) is 0 Å². The van der Waals surface area contributed by atoms with E-state index in [-0.39, 0.29) is 10.6 Å². The second-order valence-corrected chi connectivity index (χ2v) is 5.37. The number of carbonyl (C=O) groups excluding carboxylic acids is 1. The molecule has 0 unspecified atom stereocenters. The second-order valence-electron chi connectivity index (χ2n) is 4.97. The number of pyridine rings is 1. The number of nitrogens with one attached hydrogen (secondary N) is 1. The van der Waals surface area contributed by atoms with Crippen LogP contribution in [0.25, 0.3) is 0 Å². The summed E-state index contributed by atoms with van der Waals surface area (Å²) in [7, 11) is 0. The van der Waals surface area contributed by atoms with Crippen LogP contribution in [-0.4, -0.2) is 28.0 Å². The number of carboxylic acids is 1. The lowest BCUT2D eigenvalue weighted by Crippen LogP contribution is -2.49. The molecule has 0 bridgehead atoms. The zero-order valence-corrected chi connectivity index (χ0v) is 11.2. The molecule has 98 valence electrons. The molecular formula is C12H15ClN2O3. The highest BCUT2D eigenvalue weighted by Crippen LogP contribution is 2.21. The van der Waals surface area contributed by atoms with Crippen molar-refractivity contribution >= 4 is 23.5 Å². The van der Waals surface area contributed by atoms with Crippen molar-refractivity contribution in [1.29, 1.82) is 0 Å². The van der Waals surface area contributed by atoms with Crippen molar-refractivity contribution < 1.29 is 14.7 Å². The number of hydrogen-bond donors (Lipinski definition) is 2. The first-order valence-corrected chi connectivity index (χ1v) is 5.74. The van der Waals surface area contributed by atoms with Crippen LogP contribution in [0.15, 0.2) is 18.5 Å². The van der Waals surface area contributed by atoms with Crippen LogP contribution in [0.1, 0.15) is 31.1 Å². The second kappa shape index (κ2) is 5.35. The van der Waals surface area contributed by atoms with Gasteiger partial charge in [-0.25, -0.2) is 4.79 Å². The minimum absolute atomic E-state index is 0.188. The molecule has 1 amide bonds. The Morgan fingerprint density at radius 1 is 1.44 bits per heavy atom. The fourth-order valence-corrected chi connectivity index (χ4v) is 1.62. The van der Waals surface area contributed by atoms with Gasteiger partial charge in [0.1, 0.15) is 6.04 Å². The van der Waals surface area contributed by atoms with Gasteiger partial charge in [0.15, 0.2) is 0 Å². The van der Waals surface area contributed by atoms with Crippen LogP contribution in [0.4, 0.5) is 0 Å². The van der Waals surface area contributed by atoms with Gasteiger partial charge in [-0.1, -0.05) is 32.4 Å². The molecule has 0 aliphatic carbocycles. The van der Waals surface area contributed by atoms with Crippen molar-refractivity contribution in [1.82, 2.24) is 10.3 Å². The van der Waals surface area contributed by atoms with Gasteiger partial charge in [-0.05, 0) is 11.5 Å². The van der Waals surface area contributed by atoms with Gasteiger partial charge in [0, 0.05) is 12.4 Å². The first-order chi connectivity index (χ1) is 8.23. The van der Waals surface area contributed by atoms with Crippen LogP contribution >= 0.6 is 11.6 Å². The van der Waals surface area contributed by atoms with Crippen LogP contribution in [0.3, 0.4) is 0 Å². The smallest absolute Gasteiger partial charge is 0.326 e. The molecule has 1 aromatic heterocycles. The summed E-state index contributed by atoms with van der Waals surface area (Å²) < 4.78 is 0. The first kappa shape index (κ1) is 14.4. The highest BCUT2D eigenvalue weighted by Gasteiger charge is 2.33. The van der Waals surface area contributed by atoms with Gasteiger partial charge in [0.2, 0.25) is 0 Å². The molecule has 0 aromatic carbocycles. The molecule has 0 saturated carbocycles. The number of hydrogen-bond acceptors (Lipinski definition) is 3. The predicted octanol–water partition coefficient (Wildman–Crippen LogP) is 1.96. The van der Waals surface area contributed by atoms with Crippen molar-refractivity contribution in [2.45, 2.75) is 26.8 Å². The Kier molecular flexibility index (Phi) is 4.29. The Morgan fingerprint density at radius 2 is 2.06 bits per heavy atom. The number of carbonyl (C=O) groups is 2. The standard InChI is InChI=1S/C12H15ClN2O3/c1-12(2,3)9(11(17)18)15-10(16)7-4-5-14-6-8(7)13/h4-6,9H,1-3H3,(H,15,16)(H,17,18)/t9-/m1/s1. The van der Waals surface area contributed by atoms with Crippen molar-refractivity contribution in [2.24, 2.45) is 5.41 Å². The van der Waals surface area contributed by atoms with Gasteiger partial charge in [-0.3, -0.25) is 9.78 Å². The van der Waals surface area contributed by atoms with Crippen molar-refractivity contribution in [2.75, 3.05) is 0 Å². The molecule has 1 atom stereocenters. The lowest BCUT2D eigenvalue weighted by molar-refractivity contribution is -0.142. The first-order valence-electron chi connectivity index (χ1n) is 5.36. The summed E-state index contributed by atoms with van der Waals surface area (Å²) >= 11 is 5.83. The molecule has 1 heterocycles. The molecule has 6 heteroatoms. The fraction of sp³-hybridized carbons (Fsp3) is 0.417. The molecule has 0 aliphatic heterocycles. The van der Waals surface area contributed by atoms with Crippen molar-refractivity contribution in [3.63, 3.8) is 0 Å². The largest absolute Gasteiger partial charge is 0.480 e. The number of carboxylic acid groups (broad SMARTS) is 1. The highest BCUT2D eigenvalue weighted by molar-refractivity contribution is 6.33. The van der Waals surface area contributed by atoms with Gasteiger partial charge in [0.05, 0.1) is 10.6 Å². The van der Waals surface area contributed by atoms with Crippen molar-refractivity contribution in [3.8, 4) is 0 Å². The lowest BCUT2D eigenvalue weighted by atomic mass is 9.86. The molecule has 0 fully saturated rings. The van der Waals surface area contributed by atoms with Gasteiger partial charge >= 0.3 is 5.97 Å². The molecule has 0 aliphatic rings. The Bertz CT molecular complexity index is 469. The van der Waals surface area contributed by atoms with Crippen LogP contribution < -0.4 is 5.32 Å². The van der Waals surface area contributed by atoms with Crippen molar-refractivity contribution in [3.05, 3.63) is 29.0 Å². The van der Waals surface area contributed by atoms with E-state index in [1.165, 1.54) is 18.5 Å². The fourth-order valence-electron chi connectivity index (χ4n) is 1.42. The van der Waals surface area contributed by atoms with E-state index in [1.807, 2.05) is 0 Å². The summed E-state index contributed by atoms with van der Waals surface area (Å²) in [6.45, 7) is 5.21. The van der Waals surface area contributed by atoms with E-state index in [4.69, 9.17) is 16.7 Å². The average molecular weight is 271 g/mol. The zero-order valence-electron chi connectivity index (χ0n) is 10.4. The minimum Gasteiger partial charge on any atom is -0.480 e. The van der Waals surface area contributed by atoms with E-state index in [0.717, 1.165) is 0 Å². The lowest BCUT2D eigenvalue weighted by Gasteiger charge is -2.27. The number of halogens is 1. The van der Waals surface area contributed by atoms with E-state index in [2.05, 4.69) is 10.3 Å². The van der Waals surface area contributed by atoms with E-state index < -0.39 is 23.3 Å². The number of amides is 1. The van der Waals surface area contributed by atoms with Crippen LogP contribution in [0.2, 0.25) is 5.02 Å². The maximum atomic E-state index is 11.9. The Morgan fingerprint density at radius 3 is 2.50 bits per heavy atom. The summed E-state index contributed by atoms with van der Waals surface area (Å²) in [6.07, 6.45) is 2.76. The third-order valence-corrected chi connectivity index (χ3v) is 2.71. The topological polar surface area (TPSA) is 79.3 Å². The van der Waals surface area contributed by atoms with E-state index in [1.54, 1.807) is 20.8 Å². The van der Waals surface area contributed by atoms with Crippen LogP contribution in [0.5, 0.6) is 0 Å². The maximum Gasteiger partial charge on any atom is 0.326 e. The maximum absolute atomic E-state index is 11.9. The van der Waals surface area contributed by atoms with E-state index >= 15 is 0 Å². The zero-order chi connectivity index (χ0) is 13.9. The number of aliphatic carboxylic acids is 1. The Balaban J connectivity index is 2.93. The predicted molar refractivity (Wildman–Crippen MR) is 67.6 cm³/mol. The Labute approximate surface area is 110 Å². The summed E-state index contributed by atoms with van der Waals surface area (Å²) in [5.74, 6) is -1.61. The highest BCUT2D eigenvalue weighted by atomic mass is 35.5. The van der Waals surface area contributed by atoms with E-state index in [9.17, 15) is 9.59 Å². The molecule has 18 heavy (non-hydrogen) atoms. The van der Waals surface area contributed by atoms with Gasteiger partial charge in [0.25, 0.3) is 5.91 Å². The molecular weight excluding hydrogens is 256 g/mol. The molecule has 0 spiro atoms. The summed E-state index contributed by atoms with van der Waals surface area (Å²) in [5, 5.41) is 11.8. The minimum atomic E-state index is -1.08. The van der Waals surface area contributed by atoms with Gasteiger partial charge < -0.3 is 10.4 Å². The monoisotopic (exact) mass is 270 g/mol. The molecule has 0 saturated heterocycles. The number of rotatable bonds is 3. The number of aromatic nitrogens is 1. The normalized spacial score (nSPS) is 12.9. The number of nitrogens with zero attached hydrogens (tertiary/aromatic N) is 1. The van der Waals surface area contributed by atoms with Crippen LogP contribution in [0, 0.1) is 5.41 Å². The summed E-state index contributed by atoms with van der Waals surface area (Å²) in [5.41, 5.74) is -0.386. The van der Waals surface area contributed by atoms with Gasteiger partial charge in [-0.15, -0.1) is 0 Å². The molecule has 5 nitrogen and oxygen atoms in total. The van der Waals surface area contributed by atoms with Crippen LogP contribution in [-0.2, 0) is 4.79 Å².